The summed E-state index contributed by atoms with van der Waals surface area (Å²) in [5.74, 6) is 2.45. The van der Waals surface area contributed by atoms with Gasteiger partial charge in [0.15, 0.2) is 0 Å². The van der Waals surface area contributed by atoms with Crippen LogP contribution in [0.5, 0.6) is 0 Å². The highest BCUT2D eigenvalue weighted by molar-refractivity contribution is 5.27. The predicted octanol–water partition coefficient (Wildman–Crippen LogP) is 4.61. The predicted molar refractivity (Wildman–Crippen MR) is 81.1 cm³/mol. The van der Waals surface area contributed by atoms with E-state index < -0.39 is 0 Å². The summed E-state index contributed by atoms with van der Waals surface area (Å²) in [5, 5.41) is 3.69. The molecule has 110 valence electrons. The van der Waals surface area contributed by atoms with Gasteiger partial charge < -0.3 is 5.32 Å². The van der Waals surface area contributed by atoms with E-state index in [4.69, 9.17) is 0 Å². The van der Waals surface area contributed by atoms with Crippen LogP contribution in [0.25, 0.3) is 0 Å². The molecule has 2 aliphatic carbocycles. The van der Waals surface area contributed by atoms with Crippen molar-refractivity contribution in [1.29, 1.82) is 0 Å². The Balaban J connectivity index is 1.83. The van der Waals surface area contributed by atoms with Gasteiger partial charge in [-0.1, -0.05) is 25.5 Å². The Morgan fingerprint density at radius 2 is 2.15 bits per heavy atom. The molecule has 0 spiro atoms. The molecular formula is C18H26FN. The first-order chi connectivity index (χ1) is 9.69. The maximum Gasteiger partial charge on any atom is 0.126 e. The van der Waals surface area contributed by atoms with Crippen molar-refractivity contribution in [2.24, 2.45) is 17.8 Å². The largest absolute Gasteiger partial charge is 0.310 e. The second-order valence-electron chi connectivity index (χ2n) is 6.78. The molecule has 2 heteroatoms. The van der Waals surface area contributed by atoms with Crippen LogP contribution in [0.1, 0.15) is 56.2 Å². The lowest BCUT2D eigenvalue weighted by molar-refractivity contribution is 0.250. The van der Waals surface area contributed by atoms with Crippen LogP contribution in [0.4, 0.5) is 4.39 Å². The van der Waals surface area contributed by atoms with Crippen molar-refractivity contribution >= 4 is 0 Å². The molecule has 1 aromatic carbocycles. The van der Waals surface area contributed by atoms with E-state index >= 15 is 0 Å². The van der Waals surface area contributed by atoms with Gasteiger partial charge in [0.25, 0.3) is 0 Å². The zero-order valence-corrected chi connectivity index (χ0v) is 12.7. The Kier molecular flexibility index (Phi) is 4.11. The fourth-order valence-corrected chi connectivity index (χ4v) is 4.32. The van der Waals surface area contributed by atoms with E-state index in [1.165, 1.54) is 25.7 Å². The standard InChI is InChI=1S/C18H26FN/c1-3-8-20-18(15-6-4-12(2)17(19)11-15)16-10-13-5-7-14(16)9-13/h4,6,11,13-14,16,18,20H,3,5,7-10H2,1-2H3. The molecule has 2 fully saturated rings. The van der Waals surface area contributed by atoms with Gasteiger partial charge in [0.05, 0.1) is 0 Å². The number of rotatable bonds is 5. The summed E-state index contributed by atoms with van der Waals surface area (Å²) in [6.07, 6.45) is 6.68. The Morgan fingerprint density at radius 1 is 1.30 bits per heavy atom. The van der Waals surface area contributed by atoms with Crippen LogP contribution in [0.15, 0.2) is 18.2 Å². The zero-order valence-electron chi connectivity index (χ0n) is 12.7. The van der Waals surface area contributed by atoms with Crippen LogP contribution in [-0.2, 0) is 0 Å². The van der Waals surface area contributed by atoms with Gasteiger partial charge >= 0.3 is 0 Å². The average Bonchev–Trinajstić information content (AvgIpc) is 3.06. The van der Waals surface area contributed by atoms with Gasteiger partial charge in [0.1, 0.15) is 5.82 Å². The van der Waals surface area contributed by atoms with Crippen LogP contribution in [0.2, 0.25) is 0 Å². The summed E-state index contributed by atoms with van der Waals surface area (Å²) < 4.78 is 13.9. The van der Waals surface area contributed by atoms with Crippen molar-refractivity contribution in [2.75, 3.05) is 6.54 Å². The van der Waals surface area contributed by atoms with Crippen molar-refractivity contribution in [3.8, 4) is 0 Å². The number of hydrogen-bond donors (Lipinski definition) is 1. The lowest BCUT2D eigenvalue weighted by Gasteiger charge is -2.32. The molecule has 1 N–H and O–H groups in total. The Morgan fingerprint density at radius 3 is 2.75 bits per heavy atom. The number of benzene rings is 1. The average molecular weight is 275 g/mol. The highest BCUT2D eigenvalue weighted by Gasteiger charge is 2.43. The topological polar surface area (TPSA) is 12.0 Å². The number of fused-ring (bicyclic) bond motifs is 2. The minimum atomic E-state index is -0.0612. The molecule has 0 heterocycles. The van der Waals surface area contributed by atoms with Crippen LogP contribution in [0.3, 0.4) is 0 Å². The van der Waals surface area contributed by atoms with Gasteiger partial charge in [0, 0.05) is 6.04 Å². The molecule has 0 aliphatic heterocycles. The van der Waals surface area contributed by atoms with Gasteiger partial charge in [-0.3, -0.25) is 0 Å². The maximum atomic E-state index is 13.9. The highest BCUT2D eigenvalue weighted by Crippen LogP contribution is 2.52. The minimum absolute atomic E-state index is 0.0612. The monoisotopic (exact) mass is 275 g/mol. The van der Waals surface area contributed by atoms with E-state index in [0.717, 1.165) is 35.9 Å². The number of aryl methyl sites for hydroxylation is 1. The molecule has 4 atom stereocenters. The van der Waals surface area contributed by atoms with Crippen LogP contribution in [0, 0.1) is 30.5 Å². The summed E-state index contributed by atoms with van der Waals surface area (Å²) in [5.41, 5.74) is 1.90. The highest BCUT2D eigenvalue weighted by atomic mass is 19.1. The summed E-state index contributed by atoms with van der Waals surface area (Å²) >= 11 is 0. The van der Waals surface area contributed by atoms with Crippen LogP contribution < -0.4 is 5.32 Å². The molecule has 2 aliphatic rings. The van der Waals surface area contributed by atoms with Crippen molar-refractivity contribution < 1.29 is 4.39 Å². The fourth-order valence-electron chi connectivity index (χ4n) is 4.32. The van der Waals surface area contributed by atoms with Crippen LogP contribution in [-0.4, -0.2) is 6.54 Å². The zero-order chi connectivity index (χ0) is 14.1. The van der Waals surface area contributed by atoms with Crippen molar-refractivity contribution in [1.82, 2.24) is 5.32 Å². The van der Waals surface area contributed by atoms with Gasteiger partial charge in [0.2, 0.25) is 0 Å². The van der Waals surface area contributed by atoms with Crippen molar-refractivity contribution in [3.05, 3.63) is 35.1 Å². The second-order valence-corrected chi connectivity index (χ2v) is 6.78. The van der Waals surface area contributed by atoms with E-state index in [0.29, 0.717) is 12.0 Å². The molecule has 0 saturated heterocycles. The maximum absolute atomic E-state index is 13.9. The first-order valence-corrected chi connectivity index (χ1v) is 8.18. The number of halogens is 1. The van der Waals surface area contributed by atoms with E-state index in [1.54, 1.807) is 6.07 Å². The smallest absolute Gasteiger partial charge is 0.126 e. The number of nitrogens with one attached hydrogen (secondary N) is 1. The summed E-state index contributed by atoms with van der Waals surface area (Å²) in [6, 6.07) is 6.16. The third-order valence-corrected chi connectivity index (χ3v) is 5.39. The van der Waals surface area contributed by atoms with Crippen molar-refractivity contribution in [3.63, 3.8) is 0 Å². The quantitative estimate of drug-likeness (QED) is 0.827. The number of hydrogen-bond acceptors (Lipinski definition) is 1. The summed E-state index contributed by atoms with van der Waals surface area (Å²) in [7, 11) is 0. The van der Waals surface area contributed by atoms with Gasteiger partial charge in [-0.15, -0.1) is 0 Å². The molecule has 2 bridgehead atoms. The lowest BCUT2D eigenvalue weighted by Crippen LogP contribution is -2.32. The summed E-state index contributed by atoms with van der Waals surface area (Å²) in [4.78, 5) is 0. The molecule has 2 saturated carbocycles. The Labute approximate surface area is 122 Å². The third kappa shape index (κ3) is 2.63. The van der Waals surface area contributed by atoms with E-state index in [1.807, 2.05) is 13.0 Å². The van der Waals surface area contributed by atoms with Gasteiger partial charge in [-0.25, -0.2) is 4.39 Å². The van der Waals surface area contributed by atoms with Gasteiger partial charge in [-0.2, -0.15) is 0 Å². The molecule has 1 nitrogen and oxygen atoms in total. The molecular weight excluding hydrogens is 249 g/mol. The SMILES string of the molecule is CCCNC(c1ccc(C)c(F)c1)C1CC2CCC1C2. The van der Waals surface area contributed by atoms with E-state index in [-0.39, 0.29) is 5.82 Å². The summed E-state index contributed by atoms with van der Waals surface area (Å²) in [6.45, 7) is 5.06. The normalized spacial score (nSPS) is 29.9. The molecule has 0 aromatic heterocycles. The first kappa shape index (κ1) is 14.1. The molecule has 1 aromatic rings. The molecule has 20 heavy (non-hydrogen) atoms. The van der Waals surface area contributed by atoms with E-state index in [9.17, 15) is 4.39 Å². The molecule has 3 rings (SSSR count). The third-order valence-electron chi connectivity index (χ3n) is 5.39. The molecule has 0 amide bonds. The van der Waals surface area contributed by atoms with E-state index in [2.05, 4.69) is 18.3 Å². The Bertz CT molecular complexity index is 470. The fraction of sp³-hybridized carbons (Fsp3) is 0.667. The first-order valence-electron chi connectivity index (χ1n) is 8.18. The second kappa shape index (κ2) is 5.85. The molecule has 4 unspecified atom stereocenters. The Hall–Kier alpha value is -0.890. The lowest BCUT2D eigenvalue weighted by atomic mass is 9.80. The van der Waals surface area contributed by atoms with Crippen LogP contribution >= 0.6 is 0 Å². The van der Waals surface area contributed by atoms with Gasteiger partial charge in [-0.05, 0) is 74.1 Å². The van der Waals surface area contributed by atoms with Crippen molar-refractivity contribution in [2.45, 2.75) is 52.0 Å². The molecule has 0 radical (unpaired) electrons. The minimum Gasteiger partial charge on any atom is -0.310 e.